The van der Waals surface area contributed by atoms with E-state index < -0.39 is 25.1 Å². The van der Waals surface area contributed by atoms with E-state index in [-0.39, 0.29) is 10.9 Å². The van der Waals surface area contributed by atoms with Crippen molar-refractivity contribution in [2.24, 2.45) is 0 Å². The zero-order valence-corrected chi connectivity index (χ0v) is 11.6. The molecule has 0 aliphatic carbocycles. The fourth-order valence-corrected chi connectivity index (χ4v) is 3.17. The molecule has 0 radical (unpaired) electrons. The van der Waals surface area contributed by atoms with Crippen molar-refractivity contribution in [2.75, 3.05) is 0 Å². The average molecular weight is 295 g/mol. The van der Waals surface area contributed by atoms with Crippen LogP contribution in [0.15, 0.2) is 34.1 Å². The first-order valence-corrected chi connectivity index (χ1v) is 8.10. The van der Waals surface area contributed by atoms with Gasteiger partial charge in [0.2, 0.25) is 10.0 Å². The van der Waals surface area contributed by atoms with Gasteiger partial charge in [-0.3, -0.25) is 0 Å². The van der Waals surface area contributed by atoms with E-state index in [1.165, 1.54) is 12.1 Å². The van der Waals surface area contributed by atoms with Gasteiger partial charge < -0.3 is 0 Å². The summed E-state index contributed by atoms with van der Waals surface area (Å²) in [6, 6.07) is 3.88. The van der Waals surface area contributed by atoms with Crippen molar-refractivity contribution < 1.29 is 20.7 Å². The summed E-state index contributed by atoms with van der Waals surface area (Å²) in [6.07, 6.45) is 0.584. The zero-order chi connectivity index (χ0) is 14.0. The summed E-state index contributed by atoms with van der Waals surface area (Å²) in [5.41, 5.74) is 0. The smallest absolute Gasteiger partial charge is 0.208 e. The van der Waals surface area contributed by atoms with Crippen molar-refractivity contribution in [3.8, 4) is 0 Å². The van der Waals surface area contributed by atoms with E-state index in [1.807, 2.05) is 0 Å². The van der Waals surface area contributed by atoms with Gasteiger partial charge >= 0.3 is 10.2 Å². The summed E-state index contributed by atoms with van der Waals surface area (Å²) in [4.78, 5) is -0.948. The fourth-order valence-electron chi connectivity index (χ4n) is 1.21. The highest BCUT2D eigenvalue weighted by atomic mass is 32.3. The second-order valence-electron chi connectivity index (χ2n) is 3.84. The Hall–Kier alpha value is -0.990. The first-order chi connectivity index (χ1) is 8.16. The Bertz CT molecular complexity index is 625. The molecule has 0 aromatic heterocycles. The van der Waals surface area contributed by atoms with Crippen molar-refractivity contribution in [2.45, 2.75) is 36.1 Å². The van der Waals surface area contributed by atoms with Crippen LogP contribution in [0.25, 0.3) is 0 Å². The van der Waals surface area contributed by atoms with Crippen LogP contribution < -0.4 is 4.72 Å². The molecule has 5 nitrogen and oxygen atoms in total. The molecule has 1 aromatic carbocycles. The van der Waals surface area contributed by atoms with E-state index in [2.05, 4.69) is 4.72 Å². The van der Waals surface area contributed by atoms with Crippen LogP contribution >= 0.6 is 0 Å². The van der Waals surface area contributed by atoms with Crippen molar-refractivity contribution in [1.29, 1.82) is 0 Å². The number of nitrogens with one attached hydrogen (secondary N) is 1. The SMILES string of the molecule is CCC(C)NS(=O)(=O)c1cccc(S(=O)(=O)F)c1. The summed E-state index contributed by atoms with van der Waals surface area (Å²) < 4.78 is 60.3. The van der Waals surface area contributed by atoms with Crippen LogP contribution in [0.3, 0.4) is 0 Å². The molecule has 0 bridgehead atoms. The average Bonchev–Trinajstić information content (AvgIpc) is 2.27. The monoisotopic (exact) mass is 295 g/mol. The molecule has 8 heteroatoms. The predicted octanol–water partition coefficient (Wildman–Crippen LogP) is 1.42. The van der Waals surface area contributed by atoms with E-state index in [9.17, 15) is 20.7 Å². The first-order valence-electron chi connectivity index (χ1n) is 5.24. The highest BCUT2D eigenvalue weighted by molar-refractivity contribution is 7.89. The fraction of sp³-hybridized carbons (Fsp3) is 0.400. The van der Waals surface area contributed by atoms with Crippen molar-refractivity contribution in [3.05, 3.63) is 24.3 Å². The minimum Gasteiger partial charge on any atom is -0.208 e. The van der Waals surface area contributed by atoms with Crippen molar-refractivity contribution >= 4 is 20.2 Å². The normalized spacial score (nSPS) is 14.4. The van der Waals surface area contributed by atoms with Gasteiger partial charge in [0.25, 0.3) is 0 Å². The Balaban J connectivity index is 3.19. The Labute approximate surface area is 106 Å². The predicted molar refractivity (Wildman–Crippen MR) is 64.8 cm³/mol. The molecule has 0 saturated heterocycles. The molecule has 1 aromatic rings. The van der Waals surface area contributed by atoms with Crippen LogP contribution in [0.2, 0.25) is 0 Å². The third-order valence-electron chi connectivity index (χ3n) is 2.37. The Kier molecular flexibility index (Phi) is 4.46. The maximum absolute atomic E-state index is 12.8. The maximum atomic E-state index is 12.8. The molecular formula is C10H14FNO4S2. The van der Waals surface area contributed by atoms with Gasteiger partial charge in [0, 0.05) is 6.04 Å². The molecule has 0 aliphatic rings. The minimum atomic E-state index is -4.91. The Morgan fingerprint density at radius 2 is 1.78 bits per heavy atom. The molecule has 1 N–H and O–H groups in total. The number of sulfonamides is 1. The maximum Gasteiger partial charge on any atom is 0.332 e. The lowest BCUT2D eigenvalue weighted by atomic mass is 10.3. The first kappa shape index (κ1) is 15.1. The van der Waals surface area contributed by atoms with Gasteiger partial charge in [0.1, 0.15) is 0 Å². The quantitative estimate of drug-likeness (QED) is 0.833. The van der Waals surface area contributed by atoms with E-state index >= 15 is 0 Å². The second kappa shape index (κ2) is 5.33. The third-order valence-corrected chi connectivity index (χ3v) is 4.77. The number of hydrogen-bond donors (Lipinski definition) is 1. The van der Waals surface area contributed by atoms with Crippen LogP contribution in [0.1, 0.15) is 20.3 Å². The van der Waals surface area contributed by atoms with E-state index in [4.69, 9.17) is 0 Å². The summed E-state index contributed by atoms with van der Waals surface area (Å²) in [5, 5.41) is 0. The largest absolute Gasteiger partial charge is 0.332 e. The molecule has 18 heavy (non-hydrogen) atoms. The summed E-state index contributed by atoms with van der Waals surface area (Å²) in [6.45, 7) is 3.48. The van der Waals surface area contributed by atoms with Crippen LogP contribution in [-0.2, 0) is 20.2 Å². The van der Waals surface area contributed by atoms with Gasteiger partial charge in [-0.25, -0.2) is 13.1 Å². The molecule has 0 heterocycles. The van der Waals surface area contributed by atoms with Gasteiger partial charge in [-0.15, -0.1) is 3.89 Å². The highest BCUT2D eigenvalue weighted by Gasteiger charge is 2.20. The molecule has 0 saturated carbocycles. The van der Waals surface area contributed by atoms with Gasteiger partial charge in [-0.2, -0.15) is 8.42 Å². The molecule has 1 rings (SSSR count). The molecule has 0 amide bonds. The number of hydrogen-bond acceptors (Lipinski definition) is 4. The Morgan fingerprint density at radius 1 is 1.22 bits per heavy atom. The van der Waals surface area contributed by atoms with Crippen molar-refractivity contribution in [3.63, 3.8) is 0 Å². The lowest BCUT2D eigenvalue weighted by Crippen LogP contribution is -2.32. The number of benzene rings is 1. The van der Waals surface area contributed by atoms with Gasteiger partial charge in [0.15, 0.2) is 0 Å². The lowest BCUT2D eigenvalue weighted by molar-refractivity contribution is 0.551. The molecular weight excluding hydrogens is 281 g/mol. The molecule has 0 spiro atoms. The van der Waals surface area contributed by atoms with Crippen LogP contribution in [-0.4, -0.2) is 22.9 Å². The topological polar surface area (TPSA) is 80.3 Å². The summed E-state index contributed by atoms with van der Waals surface area (Å²) >= 11 is 0. The standard InChI is InChI=1S/C10H14FNO4S2/c1-3-8(2)12-18(15,16)10-6-4-5-9(7-10)17(11,13)14/h4-8,12H,3H2,1-2H3. The number of halogens is 1. The Morgan fingerprint density at radius 3 is 2.28 bits per heavy atom. The molecule has 102 valence electrons. The van der Waals surface area contributed by atoms with Gasteiger partial charge in [0.05, 0.1) is 9.79 Å². The third kappa shape index (κ3) is 3.76. The highest BCUT2D eigenvalue weighted by Crippen LogP contribution is 2.17. The van der Waals surface area contributed by atoms with Gasteiger partial charge in [-0.05, 0) is 31.5 Å². The van der Waals surface area contributed by atoms with Gasteiger partial charge in [-0.1, -0.05) is 13.0 Å². The van der Waals surface area contributed by atoms with Crippen LogP contribution in [0.5, 0.6) is 0 Å². The van der Waals surface area contributed by atoms with E-state index in [0.717, 1.165) is 12.1 Å². The molecule has 1 atom stereocenters. The molecule has 1 unspecified atom stereocenters. The summed E-state index contributed by atoms with van der Waals surface area (Å²) in [5.74, 6) is 0. The summed E-state index contributed by atoms with van der Waals surface area (Å²) in [7, 11) is -8.75. The van der Waals surface area contributed by atoms with Crippen LogP contribution in [0.4, 0.5) is 3.89 Å². The lowest BCUT2D eigenvalue weighted by Gasteiger charge is -2.12. The second-order valence-corrected chi connectivity index (χ2v) is 6.90. The molecule has 0 fully saturated rings. The molecule has 0 aliphatic heterocycles. The van der Waals surface area contributed by atoms with Crippen molar-refractivity contribution in [1.82, 2.24) is 4.72 Å². The van der Waals surface area contributed by atoms with Crippen LogP contribution in [0, 0.1) is 0 Å². The number of rotatable bonds is 5. The minimum absolute atomic E-state index is 0.276. The van der Waals surface area contributed by atoms with E-state index in [1.54, 1.807) is 13.8 Å². The van der Waals surface area contributed by atoms with E-state index in [0.29, 0.717) is 6.42 Å². The zero-order valence-electron chi connectivity index (χ0n) is 9.92.